The van der Waals surface area contributed by atoms with Crippen molar-refractivity contribution in [2.45, 2.75) is 13.3 Å². The van der Waals surface area contributed by atoms with Crippen LogP contribution in [0.25, 0.3) is 0 Å². The van der Waals surface area contributed by atoms with Crippen LogP contribution < -0.4 is 0 Å². The molecule has 0 aromatic carbocycles. The molecule has 0 spiro atoms. The second-order valence-corrected chi connectivity index (χ2v) is 1.92. The second kappa shape index (κ2) is 2.05. The summed E-state index contributed by atoms with van der Waals surface area (Å²) in [7, 11) is 0. The first-order chi connectivity index (χ1) is 3.43. The van der Waals surface area contributed by atoms with Crippen LogP contribution in [-0.4, -0.2) is 13.1 Å². The Hall–Kier alpha value is -0.400. The zero-order chi connectivity index (χ0) is 5.11. The molecule has 0 unspecified atom stereocenters. The Morgan fingerprint density at radius 2 is 2.00 bits per heavy atom. The first-order valence-corrected chi connectivity index (χ1v) is 2.76. The minimum atomic E-state index is 0.764. The fourth-order valence-corrected chi connectivity index (χ4v) is 0.662. The van der Waals surface area contributed by atoms with E-state index in [0.29, 0.717) is 0 Å². The zero-order valence-corrected chi connectivity index (χ0v) is 4.59. The number of rotatable bonds is 1. The summed E-state index contributed by atoms with van der Waals surface area (Å²) in [6, 6.07) is 0. The largest absolute Gasteiger partial charge is 0.194 e. The van der Waals surface area contributed by atoms with Crippen molar-refractivity contribution in [1.82, 2.24) is 0 Å². The lowest BCUT2D eigenvalue weighted by Crippen LogP contribution is -1.99. The fourth-order valence-electron chi connectivity index (χ4n) is 0.662. The maximum absolute atomic E-state index is 3.86. The summed E-state index contributed by atoms with van der Waals surface area (Å²) >= 11 is 0. The Balaban J connectivity index is 2.22. The van der Waals surface area contributed by atoms with Crippen LogP contribution in [0.1, 0.15) is 13.3 Å². The van der Waals surface area contributed by atoms with E-state index in [0.717, 1.165) is 19.0 Å². The van der Waals surface area contributed by atoms with Crippen molar-refractivity contribution in [2.24, 2.45) is 16.1 Å². The van der Waals surface area contributed by atoms with Gasteiger partial charge in [-0.25, -0.2) is 0 Å². The normalized spacial score (nSPS) is 21.3. The van der Waals surface area contributed by atoms with E-state index in [2.05, 4.69) is 17.2 Å². The molecule has 1 aliphatic heterocycles. The van der Waals surface area contributed by atoms with Gasteiger partial charge in [-0.1, -0.05) is 6.92 Å². The molecular formula is C5H10N2. The lowest BCUT2D eigenvalue weighted by Gasteiger charge is -1.96. The Labute approximate surface area is 43.6 Å². The third kappa shape index (κ3) is 0.981. The van der Waals surface area contributed by atoms with Gasteiger partial charge >= 0.3 is 0 Å². The molecule has 1 heterocycles. The standard InChI is InChI=1S/C5H10N2/c1-2-5-3-6-7-4-5/h5H,2-4H2,1H3. The van der Waals surface area contributed by atoms with E-state index in [-0.39, 0.29) is 0 Å². The molecule has 0 aromatic heterocycles. The van der Waals surface area contributed by atoms with Crippen molar-refractivity contribution >= 4 is 0 Å². The lowest BCUT2D eigenvalue weighted by atomic mass is 10.1. The highest BCUT2D eigenvalue weighted by Gasteiger charge is 2.07. The third-order valence-electron chi connectivity index (χ3n) is 1.36. The molecule has 0 saturated heterocycles. The van der Waals surface area contributed by atoms with Gasteiger partial charge in [-0.3, -0.25) is 0 Å². The van der Waals surface area contributed by atoms with Gasteiger partial charge < -0.3 is 0 Å². The molecule has 0 bridgehead atoms. The average molecular weight is 98.1 g/mol. The Kier molecular flexibility index (Phi) is 1.39. The molecule has 2 nitrogen and oxygen atoms in total. The summed E-state index contributed by atoms with van der Waals surface area (Å²) in [5.74, 6) is 0.764. The van der Waals surface area contributed by atoms with Gasteiger partial charge in [0.2, 0.25) is 0 Å². The van der Waals surface area contributed by atoms with Crippen molar-refractivity contribution < 1.29 is 0 Å². The molecule has 2 heteroatoms. The van der Waals surface area contributed by atoms with Crippen LogP contribution >= 0.6 is 0 Å². The first kappa shape index (κ1) is 4.75. The molecule has 0 radical (unpaired) electrons. The van der Waals surface area contributed by atoms with Crippen LogP contribution in [0.15, 0.2) is 10.2 Å². The van der Waals surface area contributed by atoms with Gasteiger partial charge in [-0.15, -0.1) is 0 Å². The summed E-state index contributed by atoms with van der Waals surface area (Å²) in [5, 5.41) is 7.72. The van der Waals surface area contributed by atoms with E-state index >= 15 is 0 Å². The molecule has 0 amide bonds. The van der Waals surface area contributed by atoms with Gasteiger partial charge in [0.25, 0.3) is 0 Å². The molecule has 7 heavy (non-hydrogen) atoms. The van der Waals surface area contributed by atoms with Crippen molar-refractivity contribution in [3.63, 3.8) is 0 Å². The Morgan fingerprint density at radius 3 is 2.29 bits per heavy atom. The number of hydrogen-bond donors (Lipinski definition) is 0. The summed E-state index contributed by atoms with van der Waals surface area (Å²) < 4.78 is 0. The summed E-state index contributed by atoms with van der Waals surface area (Å²) in [6.45, 7) is 4.12. The van der Waals surface area contributed by atoms with E-state index in [1.165, 1.54) is 6.42 Å². The number of hydrogen-bond acceptors (Lipinski definition) is 2. The minimum Gasteiger partial charge on any atom is -0.194 e. The quantitative estimate of drug-likeness (QED) is 0.474. The number of nitrogens with zero attached hydrogens (tertiary/aromatic N) is 2. The van der Waals surface area contributed by atoms with E-state index in [1.807, 2.05) is 0 Å². The molecular weight excluding hydrogens is 88.1 g/mol. The van der Waals surface area contributed by atoms with E-state index in [9.17, 15) is 0 Å². The molecule has 0 aliphatic carbocycles. The molecule has 1 aliphatic rings. The molecule has 1 rings (SSSR count). The monoisotopic (exact) mass is 98.1 g/mol. The summed E-state index contributed by atoms with van der Waals surface area (Å²) in [4.78, 5) is 0. The van der Waals surface area contributed by atoms with Crippen molar-refractivity contribution in [2.75, 3.05) is 13.1 Å². The summed E-state index contributed by atoms with van der Waals surface area (Å²) in [6.07, 6.45) is 1.23. The van der Waals surface area contributed by atoms with Gasteiger partial charge in [-0.05, 0) is 6.42 Å². The van der Waals surface area contributed by atoms with Crippen molar-refractivity contribution in [3.05, 3.63) is 0 Å². The molecule has 0 aromatic rings. The maximum Gasteiger partial charge on any atom is 0.0645 e. The molecule has 0 fully saturated rings. The molecule has 0 saturated carbocycles. The first-order valence-electron chi connectivity index (χ1n) is 2.76. The SMILES string of the molecule is CCC1CN=NC1. The average Bonchev–Trinajstić information content (AvgIpc) is 2.14. The number of azo groups is 1. The zero-order valence-electron chi connectivity index (χ0n) is 4.59. The highest BCUT2D eigenvalue weighted by atomic mass is 15.1. The predicted molar refractivity (Wildman–Crippen MR) is 28.4 cm³/mol. The second-order valence-electron chi connectivity index (χ2n) is 1.92. The van der Waals surface area contributed by atoms with Crippen LogP contribution in [0.2, 0.25) is 0 Å². The van der Waals surface area contributed by atoms with Crippen LogP contribution in [0.4, 0.5) is 0 Å². The van der Waals surface area contributed by atoms with Gasteiger partial charge in [0.15, 0.2) is 0 Å². The molecule has 0 N–H and O–H groups in total. The van der Waals surface area contributed by atoms with Crippen LogP contribution in [0.3, 0.4) is 0 Å². The predicted octanol–water partition coefficient (Wildman–Crippen LogP) is 1.48. The van der Waals surface area contributed by atoms with Crippen LogP contribution in [-0.2, 0) is 0 Å². The topological polar surface area (TPSA) is 24.7 Å². The minimum absolute atomic E-state index is 0.764. The smallest absolute Gasteiger partial charge is 0.0645 e. The maximum atomic E-state index is 3.86. The van der Waals surface area contributed by atoms with Crippen molar-refractivity contribution in [1.29, 1.82) is 0 Å². The van der Waals surface area contributed by atoms with E-state index in [1.54, 1.807) is 0 Å². The van der Waals surface area contributed by atoms with Crippen molar-refractivity contribution in [3.8, 4) is 0 Å². The third-order valence-corrected chi connectivity index (χ3v) is 1.36. The van der Waals surface area contributed by atoms with Gasteiger partial charge in [-0.2, -0.15) is 10.2 Å². The highest BCUT2D eigenvalue weighted by molar-refractivity contribution is 4.65. The van der Waals surface area contributed by atoms with E-state index < -0.39 is 0 Å². The van der Waals surface area contributed by atoms with Crippen LogP contribution in [0.5, 0.6) is 0 Å². The molecule has 40 valence electrons. The van der Waals surface area contributed by atoms with Gasteiger partial charge in [0, 0.05) is 5.92 Å². The van der Waals surface area contributed by atoms with Crippen LogP contribution in [0, 0.1) is 5.92 Å². The summed E-state index contributed by atoms with van der Waals surface area (Å²) in [5.41, 5.74) is 0. The Morgan fingerprint density at radius 1 is 1.43 bits per heavy atom. The van der Waals surface area contributed by atoms with Gasteiger partial charge in [0.1, 0.15) is 0 Å². The van der Waals surface area contributed by atoms with Gasteiger partial charge in [0.05, 0.1) is 13.1 Å². The Bertz CT molecular complexity index is 70.1. The van der Waals surface area contributed by atoms with E-state index in [4.69, 9.17) is 0 Å². The fraction of sp³-hybridized carbons (Fsp3) is 1.00. The highest BCUT2D eigenvalue weighted by Crippen LogP contribution is 2.09. The lowest BCUT2D eigenvalue weighted by molar-refractivity contribution is 0.588. The molecule has 0 atom stereocenters.